The third-order valence-electron chi connectivity index (χ3n) is 5.42. The van der Waals surface area contributed by atoms with Crippen molar-refractivity contribution in [2.45, 2.75) is 33.2 Å². The van der Waals surface area contributed by atoms with Crippen molar-refractivity contribution in [3.8, 4) is 5.75 Å². The van der Waals surface area contributed by atoms with Crippen molar-refractivity contribution >= 4 is 29.9 Å². The fourth-order valence-corrected chi connectivity index (χ4v) is 3.29. The van der Waals surface area contributed by atoms with Crippen LogP contribution in [-0.2, 0) is 26.4 Å². The molecule has 0 saturated heterocycles. The third kappa shape index (κ3) is 7.99. The number of methoxy groups -OCH3 is 1. The largest absolute Gasteiger partial charge is 0.497 e. The highest BCUT2D eigenvalue weighted by Gasteiger charge is 2.06. The predicted molar refractivity (Wildman–Crippen MR) is 140 cm³/mol. The summed E-state index contributed by atoms with van der Waals surface area (Å²) in [4.78, 5) is 4.69. The Kier molecular flexibility index (Phi) is 10.6. The highest BCUT2D eigenvalue weighted by molar-refractivity contribution is 14.0. The average Bonchev–Trinajstić information content (AvgIpc) is 3.11. The molecule has 33 heavy (non-hydrogen) atoms. The number of hydrogen-bond acceptors (Lipinski definition) is 4. The normalized spacial score (nSPS) is 11.1. The summed E-state index contributed by atoms with van der Waals surface area (Å²) < 4.78 is 20.5. The highest BCUT2D eigenvalue weighted by Crippen LogP contribution is 2.12. The smallest absolute Gasteiger partial charge is 0.191 e. The van der Waals surface area contributed by atoms with E-state index in [-0.39, 0.29) is 29.8 Å². The Bertz CT molecular complexity index is 1050. The van der Waals surface area contributed by atoms with Crippen LogP contribution in [0.4, 0.5) is 4.39 Å². The fraction of sp³-hybridized carbons (Fsp3) is 0.375. The molecule has 7 nitrogen and oxygen atoms in total. The van der Waals surface area contributed by atoms with Gasteiger partial charge in [-0.25, -0.2) is 9.38 Å². The molecule has 0 fully saturated rings. The molecule has 3 rings (SSSR count). The number of aliphatic imine (C=N–C) groups is 1. The molecule has 0 atom stereocenters. The maximum absolute atomic E-state index is 13.4. The van der Waals surface area contributed by atoms with Crippen molar-refractivity contribution in [1.82, 2.24) is 25.4 Å². The molecule has 3 aromatic rings. The van der Waals surface area contributed by atoms with Gasteiger partial charge in [-0.3, -0.25) is 0 Å². The molecule has 0 aliphatic heterocycles. The summed E-state index contributed by atoms with van der Waals surface area (Å²) in [5.74, 6) is 3.00. The van der Waals surface area contributed by atoms with Crippen molar-refractivity contribution < 1.29 is 9.13 Å². The maximum Gasteiger partial charge on any atom is 0.191 e. The number of hydrogen-bond donors (Lipinski definition) is 2. The molecule has 0 spiro atoms. The van der Waals surface area contributed by atoms with Gasteiger partial charge in [-0.2, -0.15) is 0 Å². The van der Waals surface area contributed by atoms with Gasteiger partial charge in [-0.05, 0) is 67.6 Å². The van der Waals surface area contributed by atoms with E-state index >= 15 is 0 Å². The van der Waals surface area contributed by atoms with Crippen molar-refractivity contribution in [1.29, 1.82) is 0 Å². The molecule has 0 amide bonds. The summed E-state index contributed by atoms with van der Waals surface area (Å²) in [5.41, 5.74) is 3.27. The number of aromatic nitrogens is 3. The van der Waals surface area contributed by atoms with Crippen LogP contribution in [0.15, 0.2) is 47.5 Å². The third-order valence-corrected chi connectivity index (χ3v) is 5.42. The van der Waals surface area contributed by atoms with Gasteiger partial charge in [0.05, 0.1) is 7.11 Å². The molecule has 1 heterocycles. The Hall–Kier alpha value is -2.69. The van der Waals surface area contributed by atoms with E-state index in [1.807, 2.05) is 43.7 Å². The lowest BCUT2D eigenvalue weighted by molar-refractivity contribution is 0.414. The van der Waals surface area contributed by atoms with E-state index in [4.69, 9.17) is 4.74 Å². The molecule has 0 radical (unpaired) electrons. The first-order valence-corrected chi connectivity index (χ1v) is 10.7. The summed E-state index contributed by atoms with van der Waals surface area (Å²) in [7, 11) is 3.60. The minimum absolute atomic E-state index is 0. The number of nitrogens with one attached hydrogen (secondary N) is 2. The van der Waals surface area contributed by atoms with Gasteiger partial charge in [0.2, 0.25) is 0 Å². The molecular formula is C24H32FIN6O. The number of rotatable bonds is 9. The van der Waals surface area contributed by atoms with Gasteiger partial charge in [0.25, 0.3) is 0 Å². The molecule has 0 unspecified atom stereocenters. The van der Waals surface area contributed by atoms with Crippen molar-refractivity contribution in [3.63, 3.8) is 0 Å². The first kappa shape index (κ1) is 26.6. The summed E-state index contributed by atoms with van der Waals surface area (Å²) >= 11 is 0. The predicted octanol–water partition coefficient (Wildman–Crippen LogP) is 3.72. The summed E-state index contributed by atoms with van der Waals surface area (Å²) in [5, 5.41) is 15.0. The number of nitrogens with zero attached hydrogens (tertiary/aromatic N) is 4. The molecule has 0 aliphatic rings. The molecular weight excluding hydrogens is 534 g/mol. The number of aryl methyl sites for hydroxylation is 2. The van der Waals surface area contributed by atoms with Crippen LogP contribution in [0, 0.1) is 19.7 Å². The second-order valence-electron chi connectivity index (χ2n) is 7.66. The molecule has 2 aromatic carbocycles. The van der Waals surface area contributed by atoms with Crippen LogP contribution < -0.4 is 15.4 Å². The van der Waals surface area contributed by atoms with Crippen molar-refractivity contribution in [2.24, 2.45) is 12.0 Å². The van der Waals surface area contributed by atoms with Crippen LogP contribution in [-0.4, -0.2) is 40.9 Å². The number of ether oxygens (including phenoxy) is 1. The van der Waals surface area contributed by atoms with E-state index in [9.17, 15) is 4.39 Å². The molecule has 0 aliphatic carbocycles. The summed E-state index contributed by atoms with van der Waals surface area (Å²) in [6.45, 7) is 5.67. The van der Waals surface area contributed by atoms with E-state index in [2.05, 4.69) is 38.0 Å². The van der Waals surface area contributed by atoms with Crippen LogP contribution in [0.2, 0.25) is 0 Å². The van der Waals surface area contributed by atoms with Gasteiger partial charge in [0.1, 0.15) is 23.9 Å². The molecule has 178 valence electrons. The first-order chi connectivity index (χ1) is 15.5. The maximum atomic E-state index is 13.4. The SMILES string of the molecule is COc1ccc(CCNC(=NCc2nnc(C)n2C)NCCc2ccc(F)cc2C)cc1.I. The Morgan fingerprint density at radius 1 is 1.03 bits per heavy atom. The van der Waals surface area contributed by atoms with Gasteiger partial charge in [-0.15, -0.1) is 34.2 Å². The van der Waals surface area contributed by atoms with Gasteiger partial charge < -0.3 is 19.9 Å². The number of guanidine groups is 1. The molecule has 2 N–H and O–H groups in total. The Labute approximate surface area is 211 Å². The van der Waals surface area contributed by atoms with Crippen LogP contribution in [0.1, 0.15) is 28.3 Å². The Balaban J connectivity index is 0.00000385. The quantitative estimate of drug-likeness (QED) is 0.235. The molecule has 0 bridgehead atoms. The zero-order chi connectivity index (χ0) is 22.9. The Morgan fingerprint density at radius 3 is 2.33 bits per heavy atom. The fourth-order valence-electron chi connectivity index (χ4n) is 3.29. The minimum atomic E-state index is -0.208. The second-order valence-corrected chi connectivity index (χ2v) is 7.66. The van der Waals surface area contributed by atoms with E-state index in [0.717, 1.165) is 47.9 Å². The second kappa shape index (κ2) is 13.1. The van der Waals surface area contributed by atoms with Crippen molar-refractivity contribution in [2.75, 3.05) is 20.2 Å². The van der Waals surface area contributed by atoms with Gasteiger partial charge in [0, 0.05) is 20.1 Å². The van der Waals surface area contributed by atoms with Crippen molar-refractivity contribution in [3.05, 3.63) is 76.6 Å². The van der Waals surface area contributed by atoms with Gasteiger partial charge in [0.15, 0.2) is 11.8 Å². The summed E-state index contributed by atoms with van der Waals surface area (Å²) in [6.07, 6.45) is 1.62. The monoisotopic (exact) mass is 566 g/mol. The minimum Gasteiger partial charge on any atom is -0.497 e. The average molecular weight is 566 g/mol. The number of halogens is 2. The van der Waals surface area contributed by atoms with E-state index in [1.54, 1.807) is 13.2 Å². The van der Waals surface area contributed by atoms with Crippen LogP contribution >= 0.6 is 24.0 Å². The lowest BCUT2D eigenvalue weighted by Crippen LogP contribution is -2.39. The lowest BCUT2D eigenvalue weighted by atomic mass is 10.1. The topological polar surface area (TPSA) is 76.4 Å². The molecule has 9 heteroatoms. The number of benzene rings is 2. The van der Waals surface area contributed by atoms with Crippen LogP contribution in [0.3, 0.4) is 0 Å². The summed E-state index contributed by atoms with van der Waals surface area (Å²) in [6, 6.07) is 12.9. The van der Waals surface area contributed by atoms with E-state index < -0.39 is 0 Å². The zero-order valence-electron chi connectivity index (χ0n) is 19.6. The van der Waals surface area contributed by atoms with Crippen LogP contribution in [0.5, 0.6) is 5.75 Å². The highest BCUT2D eigenvalue weighted by atomic mass is 127. The van der Waals surface area contributed by atoms with Gasteiger partial charge >= 0.3 is 0 Å². The molecule has 0 saturated carbocycles. The molecule has 1 aromatic heterocycles. The van der Waals surface area contributed by atoms with Gasteiger partial charge in [-0.1, -0.05) is 18.2 Å². The zero-order valence-corrected chi connectivity index (χ0v) is 21.9. The van der Waals surface area contributed by atoms with E-state index in [0.29, 0.717) is 19.0 Å². The Morgan fingerprint density at radius 2 is 1.73 bits per heavy atom. The lowest BCUT2D eigenvalue weighted by Gasteiger charge is -2.14. The van der Waals surface area contributed by atoms with Crippen LogP contribution in [0.25, 0.3) is 0 Å². The van der Waals surface area contributed by atoms with E-state index in [1.165, 1.54) is 11.6 Å². The standard InChI is InChI=1S/C24H31FN6O.HI/c1-17-15-21(25)8-7-20(17)12-14-27-24(28-16-23-30-29-18(2)31(23)3)26-13-11-19-5-9-22(32-4)10-6-19;/h5-10,15H,11-14,16H2,1-4H3,(H2,26,27,28);1H. The first-order valence-electron chi connectivity index (χ1n) is 10.7.